The van der Waals surface area contributed by atoms with Crippen LogP contribution >= 0.6 is 0 Å². The molecule has 1 aromatic carbocycles. The zero-order valence-electron chi connectivity index (χ0n) is 12.5. The van der Waals surface area contributed by atoms with Crippen molar-refractivity contribution in [2.75, 3.05) is 13.1 Å². The minimum absolute atomic E-state index is 0.145. The van der Waals surface area contributed by atoms with Crippen molar-refractivity contribution in [3.8, 4) is 17.0 Å². The molecule has 0 spiro atoms. The van der Waals surface area contributed by atoms with Crippen molar-refractivity contribution in [2.24, 2.45) is 0 Å². The van der Waals surface area contributed by atoms with Gasteiger partial charge in [0, 0.05) is 23.7 Å². The monoisotopic (exact) mass is 304 g/mol. The van der Waals surface area contributed by atoms with Crippen LogP contribution in [-0.2, 0) is 0 Å². The van der Waals surface area contributed by atoms with Crippen LogP contribution in [0.2, 0.25) is 0 Å². The summed E-state index contributed by atoms with van der Waals surface area (Å²) in [7, 11) is 0. The number of phenols is 1. The fourth-order valence-corrected chi connectivity index (χ4v) is 2.84. The number of fused-ring (bicyclic) bond motifs is 1. The van der Waals surface area contributed by atoms with Crippen molar-refractivity contribution >= 4 is 16.5 Å². The Morgan fingerprint density at radius 1 is 1.00 bits per heavy atom. The molecule has 1 aliphatic heterocycles. The molecular weight excluding hydrogens is 288 g/mol. The highest BCUT2D eigenvalue weighted by molar-refractivity contribution is 5.91. The van der Waals surface area contributed by atoms with Crippen LogP contribution in [0.4, 0.5) is 0 Å². The molecule has 0 bridgehead atoms. The molecule has 5 heteroatoms. The fraction of sp³-hybridized carbons (Fsp3) is 0.167. The highest BCUT2D eigenvalue weighted by Gasteiger charge is 2.12. The number of phenolic OH excluding ortho intramolecular Hbond substituents is 1. The number of rotatable bonds is 2. The molecule has 0 saturated heterocycles. The summed E-state index contributed by atoms with van der Waals surface area (Å²) in [5.41, 5.74) is 3.99. The van der Waals surface area contributed by atoms with Crippen LogP contribution in [0.15, 0.2) is 48.7 Å². The molecule has 0 amide bonds. The SMILES string of the molecule is Oc1c(-c2ccc(C3=CCNCC3)nn2)ccc2cccnc12. The van der Waals surface area contributed by atoms with E-state index in [1.807, 2.05) is 36.4 Å². The first-order valence-electron chi connectivity index (χ1n) is 7.64. The quantitative estimate of drug-likeness (QED) is 0.762. The van der Waals surface area contributed by atoms with Gasteiger partial charge in [0.25, 0.3) is 0 Å². The lowest BCUT2D eigenvalue weighted by Gasteiger charge is -2.13. The molecule has 2 N–H and O–H groups in total. The zero-order valence-corrected chi connectivity index (χ0v) is 12.5. The van der Waals surface area contributed by atoms with Crippen LogP contribution in [0, 0.1) is 0 Å². The first-order chi connectivity index (χ1) is 11.3. The molecule has 23 heavy (non-hydrogen) atoms. The Morgan fingerprint density at radius 2 is 1.87 bits per heavy atom. The smallest absolute Gasteiger partial charge is 0.151 e. The van der Waals surface area contributed by atoms with E-state index in [0.717, 1.165) is 30.6 Å². The van der Waals surface area contributed by atoms with Crippen molar-refractivity contribution in [2.45, 2.75) is 6.42 Å². The summed E-state index contributed by atoms with van der Waals surface area (Å²) in [6, 6.07) is 11.4. The van der Waals surface area contributed by atoms with Gasteiger partial charge in [-0.3, -0.25) is 4.98 Å². The van der Waals surface area contributed by atoms with E-state index in [9.17, 15) is 5.11 Å². The lowest BCUT2D eigenvalue weighted by atomic mass is 10.0. The third-order valence-electron chi connectivity index (χ3n) is 4.08. The van der Waals surface area contributed by atoms with Gasteiger partial charge in [0.05, 0.1) is 11.4 Å². The number of nitrogens with zero attached hydrogens (tertiary/aromatic N) is 3. The van der Waals surface area contributed by atoms with Crippen LogP contribution in [0.5, 0.6) is 5.75 Å². The highest BCUT2D eigenvalue weighted by Crippen LogP contribution is 2.33. The van der Waals surface area contributed by atoms with Crippen molar-refractivity contribution in [1.82, 2.24) is 20.5 Å². The maximum absolute atomic E-state index is 10.5. The van der Waals surface area contributed by atoms with Gasteiger partial charge in [0.15, 0.2) is 5.75 Å². The van der Waals surface area contributed by atoms with Gasteiger partial charge >= 0.3 is 0 Å². The maximum atomic E-state index is 10.5. The molecule has 0 radical (unpaired) electrons. The fourth-order valence-electron chi connectivity index (χ4n) is 2.84. The van der Waals surface area contributed by atoms with E-state index >= 15 is 0 Å². The number of pyridine rings is 1. The van der Waals surface area contributed by atoms with Crippen molar-refractivity contribution in [3.05, 3.63) is 54.4 Å². The molecule has 3 heterocycles. The van der Waals surface area contributed by atoms with Crippen LogP contribution in [0.3, 0.4) is 0 Å². The van der Waals surface area contributed by atoms with Gasteiger partial charge in [-0.1, -0.05) is 18.2 Å². The first-order valence-corrected chi connectivity index (χ1v) is 7.64. The molecule has 3 aromatic rings. The Balaban J connectivity index is 1.73. The van der Waals surface area contributed by atoms with Gasteiger partial charge in [0.2, 0.25) is 0 Å². The van der Waals surface area contributed by atoms with Gasteiger partial charge in [-0.05, 0) is 42.8 Å². The van der Waals surface area contributed by atoms with E-state index in [4.69, 9.17) is 0 Å². The standard InChI is InChI=1S/C18H16N4O/c23-18-14(4-3-13-2-1-9-20-17(13)18)16-6-5-15(21-22-16)12-7-10-19-11-8-12/h1-7,9,19,23H,8,10-11H2. The number of aromatic nitrogens is 3. The molecule has 0 fully saturated rings. The molecule has 114 valence electrons. The van der Waals surface area contributed by atoms with Gasteiger partial charge in [-0.25, -0.2) is 0 Å². The van der Waals surface area contributed by atoms with Crippen LogP contribution < -0.4 is 5.32 Å². The maximum Gasteiger partial charge on any atom is 0.151 e. The molecular formula is C18H16N4O. The Morgan fingerprint density at radius 3 is 2.65 bits per heavy atom. The Hall–Kier alpha value is -2.79. The predicted octanol–water partition coefficient (Wildman–Crippen LogP) is 2.77. The average molecular weight is 304 g/mol. The molecule has 4 rings (SSSR count). The van der Waals surface area contributed by atoms with E-state index in [0.29, 0.717) is 16.8 Å². The van der Waals surface area contributed by atoms with E-state index < -0.39 is 0 Å². The third-order valence-corrected chi connectivity index (χ3v) is 4.08. The molecule has 5 nitrogen and oxygen atoms in total. The second kappa shape index (κ2) is 5.78. The van der Waals surface area contributed by atoms with Crippen LogP contribution in [0.1, 0.15) is 12.1 Å². The van der Waals surface area contributed by atoms with Gasteiger partial charge in [-0.15, -0.1) is 5.10 Å². The molecule has 2 aromatic heterocycles. The first kappa shape index (κ1) is 13.8. The highest BCUT2D eigenvalue weighted by atomic mass is 16.3. The molecule has 0 saturated carbocycles. The minimum Gasteiger partial charge on any atom is -0.505 e. The minimum atomic E-state index is 0.145. The molecule has 0 unspecified atom stereocenters. The molecule has 0 aliphatic carbocycles. The second-order valence-electron chi connectivity index (χ2n) is 5.52. The summed E-state index contributed by atoms with van der Waals surface area (Å²) in [5, 5.41) is 23.3. The molecule has 0 atom stereocenters. The molecule has 1 aliphatic rings. The zero-order chi connectivity index (χ0) is 15.6. The normalized spacial score (nSPS) is 14.7. The lowest BCUT2D eigenvalue weighted by Crippen LogP contribution is -2.20. The summed E-state index contributed by atoms with van der Waals surface area (Å²) < 4.78 is 0. The van der Waals surface area contributed by atoms with Crippen LogP contribution in [0.25, 0.3) is 27.7 Å². The van der Waals surface area contributed by atoms with E-state index in [2.05, 4.69) is 26.6 Å². The Bertz CT molecular complexity index is 887. The van der Waals surface area contributed by atoms with Crippen molar-refractivity contribution < 1.29 is 5.11 Å². The number of hydrogen-bond donors (Lipinski definition) is 2. The number of aromatic hydroxyl groups is 1. The summed E-state index contributed by atoms with van der Waals surface area (Å²) in [5.74, 6) is 0.145. The van der Waals surface area contributed by atoms with Crippen molar-refractivity contribution in [1.29, 1.82) is 0 Å². The largest absolute Gasteiger partial charge is 0.505 e. The summed E-state index contributed by atoms with van der Waals surface area (Å²) in [6.45, 7) is 1.84. The number of nitrogens with one attached hydrogen (secondary N) is 1. The summed E-state index contributed by atoms with van der Waals surface area (Å²) in [6.07, 6.45) is 4.77. The van der Waals surface area contributed by atoms with Crippen LogP contribution in [-0.4, -0.2) is 33.4 Å². The van der Waals surface area contributed by atoms with Crippen molar-refractivity contribution in [3.63, 3.8) is 0 Å². The average Bonchev–Trinajstić information content (AvgIpc) is 2.63. The summed E-state index contributed by atoms with van der Waals surface area (Å²) in [4.78, 5) is 4.24. The van der Waals surface area contributed by atoms with Gasteiger partial charge in [-0.2, -0.15) is 5.10 Å². The number of hydrogen-bond acceptors (Lipinski definition) is 5. The Labute approximate surface area is 133 Å². The predicted molar refractivity (Wildman–Crippen MR) is 89.9 cm³/mol. The van der Waals surface area contributed by atoms with E-state index in [-0.39, 0.29) is 5.75 Å². The lowest BCUT2D eigenvalue weighted by molar-refractivity contribution is 0.482. The van der Waals surface area contributed by atoms with E-state index in [1.54, 1.807) is 6.20 Å². The van der Waals surface area contributed by atoms with E-state index in [1.165, 1.54) is 5.57 Å². The number of benzene rings is 1. The topological polar surface area (TPSA) is 70.9 Å². The van der Waals surface area contributed by atoms with Gasteiger partial charge in [0.1, 0.15) is 5.52 Å². The summed E-state index contributed by atoms with van der Waals surface area (Å²) >= 11 is 0. The second-order valence-corrected chi connectivity index (χ2v) is 5.52. The van der Waals surface area contributed by atoms with Gasteiger partial charge < -0.3 is 10.4 Å². The Kier molecular flexibility index (Phi) is 3.48. The third kappa shape index (κ3) is 2.55.